The number of nitrogens with one attached hydrogen (secondary N) is 1. The molecule has 110 valence electrons. The first-order valence-corrected chi connectivity index (χ1v) is 8.38. The number of hydrogen-bond donors (Lipinski definition) is 1. The van der Waals surface area contributed by atoms with Crippen LogP contribution in [0.5, 0.6) is 0 Å². The topological polar surface area (TPSA) is 41.6 Å². The Balaban J connectivity index is 1.80. The smallest absolute Gasteiger partial charge is 0.256 e. The number of ether oxygens (including phenoxy) is 1. The highest BCUT2D eigenvalue weighted by Crippen LogP contribution is 2.28. The van der Waals surface area contributed by atoms with E-state index in [-0.39, 0.29) is 5.91 Å². The largest absolute Gasteiger partial charge is 0.378 e. The van der Waals surface area contributed by atoms with E-state index in [1.54, 1.807) is 0 Å². The summed E-state index contributed by atoms with van der Waals surface area (Å²) >= 11 is 4.88. The Hall–Kier alpha value is -1.37. The second-order valence-corrected chi connectivity index (χ2v) is 7.00. The number of rotatable bonds is 3. The molecule has 0 bridgehead atoms. The number of carbonyl (C=O) groups excluding carboxylic acids is 1. The molecule has 2 heterocycles. The second-order valence-electron chi connectivity index (χ2n) is 4.71. The summed E-state index contributed by atoms with van der Waals surface area (Å²) in [6, 6.07) is 9.72. The fraction of sp³-hybridized carbons (Fsp3) is 0.267. The average Bonchev–Trinajstić information content (AvgIpc) is 2.95. The quantitative estimate of drug-likeness (QED) is 0.901. The molecule has 6 heteroatoms. The first kappa shape index (κ1) is 14.6. The van der Waals surface area contributed by atoms with Crippen LogP contribution in [0.15, 0.2) is 39.5 Å². The van der Waals surface area contributed by atoms with Crippen LogP contribution >= 0.6 is 27.3 Å². The molecule has 1 N–H and O–H groups in total. The third kappa shape index (κ3) is 3.45. The number of benzene rings is 1. The normalized spacial score (nSPS) is 15.0. The van der Waals surface area contributed by atoms with E-state index in [0.717, 1.165) is 41.5 Å². The number of para-hydroxylation sites is 2. The van der Waals surface area contributed by atoms with E-state index in [1.165, 1.54) is 11.3 Å². The van der Waals surface area contributed by atoms with Crippen LogP contribution in [0.4, 0.5) is 11.4 Å². The Morgan fingerprint density at radius 2 is 2.05 bits per heavy atom. The van der Waals surface area contributed by atoms with Crippen molar-refractivity contribution in [2.24, 2.45) is 0 Å². The zero-order valence-electron chi connectivity index (χ0n) is 11.3. The van der Waals surface area contributed by atoms with Gasteiger partial charge in [-0.25, -0.2) is 0 Å². The van der Waals surface area contributed by atoms with E-state index in [1.807, 2.05) is 35.7 Å². The second kappa shape index (κ2) is 6.60. The van der Waals surface area contributed by atoms with Crippen molar-refractivity contribution in [3.63, 3.8) is 0 Å². The van der Waals surface area contributed by atoms with Crippen molar-refractivity contribution in [1.29, 1.82) is 0 Å². The molecule has 1 aliphatic heterocycles. The number of halogens is 1. The van der Waals surface area contributed by atoms with Gasteiger partial charge in [0.25, 0.3) is 5.91 Å². The van der Waals surface area contributed by atoms with E-state index in [0.29, 0.717) is 5.56 Å². The molecule has 0 aliphatic carbocycles. The molecule has 0 spiro atoms. The van der Waals surface area contributed by atoms with Crippen molar-refractivity contribution in [3.05, 3.63) is 45.1 Å². The van der Waals surface area contributed by atoms with Gasteiger partial charge < -0.3 is 15.0 Å². The summed E-state index contributed by atoms with van der Waals surface area (Å²) in [5.41, 5.74) is 2.55. The van der Waals surface area contributed by atoms with Gasteiger partial charge in [0, 0.05) is 18.5 Å². The number of carbonyl (C=O) groups is 1. The standard InChI is InChI=1S/C15H15BrN2O2S/c16-14-9-11(10-21-14)15(19)17-12-3-1-2-4-13(12)18-5-7-20-8-6-18/h1-4,9-10H,5-8H2,(H,17,19). The molecule has 2 aromatic rings. The van der Waals surface area contributed by atoms with Gasteiger partial charge in [0.2, 0.25) is 0 Å². The summed E-state index contributed by atoms with van der Waals surface area (Å²) < 4.78 is 6.33. The van der Waals surface area contributed by atoms with Gasteiger partial charge in [0.05, 0.1) is 33.9 Å². The maximum atomic E-state index is 12.3. The summed E-state index contributed by atoms with van der Waals surface area (Å²) in [5, 5.41) is 4.85. The van der Waals surface area contributed by atoms with E-state index in [4.69, 9.17) is 4.74 Å². The van der Waals surface area contributed by atoms with Gasteiger partial charge in [-0.2, -0.15) is 0 Å². The Morgan fingerprint density at radius 1 is 1.29 bits per heavy atom. The molecule has 0 unspecified atom stereocenters. The number of morpholine rings is 1. The van der Waals surface area contributed by atoms with Crippen molar-refractivity contribution in [3.8, 4) is 0 Å². The van der Waals surface area contributed by atoms with Crippen LogP contribution in [-0.2, 0) is 4.74 Å². The molecule has 1 aliphatic rings. The van der Waals surface area contributed by atoms with Crippen LogP contribution in [0, 0.1) is 0 Å². The Labute approximate surface area is 135 Å². The van der Waals surface area contributed by atoms with Crippen LogP contribution in [0.3, 0.4) is 0 Å². The molecule has 4 nitrogen and oxygen atoms in total. The lowest BCUT2D eigenvalue weighted by atomic mass is 10.2. The lowest BCUT2D eigenvalue weighted by molar-refractivity contribution is 0.102. The predicted octanol–water partition coefficient (Wildman–Crippen LogP) is 3.60. The van der Waals surface area contributed by atoms with E-state index >= 15 is 0 Å². The van der Waals surface area contributed by atoms with Crippen molar-refractivity contribution in [2.75, 3.05) is 36.5 Å². The van der Waals surface area contributed by atoms with Gasteiger partial charge in [-0.15, -0.1) is 11.3 Å². The van der Waals surface area contributed by atoms with Crippen molar-refractivity contribution >= 4 is 44.5 Å². The summed E-state index contributed by atoms with van der Waals surface area (Å²) in [7, 11) is 0. The highest BCUT2D eigenvalue weighted by Gasteiger charge is 2.16. The van der Waals surface area contributed by atoms with Crippen LogP contribution in [0.1, 0.15) is 10.4 Å². The summed E-state index contributed by atoms with van der Waals surface area (Å²) in [6.45, 7) is 3.13. The summed E-state index contributed by atoms with van der Waals surface area (Å²) in [6.07, 6.45) is 0. The highest BCUT2D eigenvalue weighted by atomic mass is 79.9. The summed E-state index contributed by atoms with van der Waals surface area (Å²) in [5.74, 6) is -0.0855. The van der Waals surface area contributed by atoms with Crippen LogP contribution in [0.2, 0.25) is 0 Å². The number of hydrogen-bond acceptors (Lipinski definition) is 4. The maximum absolute atomic E-state index is 12.3. The summed E-state index contributed by atoms with van der Waals surface area (Å²) in [4.78, 5) is 14.5. The Bertz CT molecular complexity index is 638. The van der Waals surface area contributed by atoms with Crippen LogP contribution in [-0.4, -0.2) is 32.2 Å². The third-order valence-corrected chi connectivity index (χ3v) is 4.84. The van der Waals surface area contributed by atoms with Gasteiger partial charge in [-0.1, -0.05) is 12.1 Å². The molecule has 1 saturated heterocycles. The van der Waals surface area contributed by atoms with Gasteiger partial charge in [0.15, 0.2) is 0 Å². The molecule has 1 aromatic carbocycles. The molecule has 0 atom stereocenters. The first-order chi connectivity index (χ1) is 10.2. The van der Waals surface area contributed by atoms with Gasteiger partial charge in [-0.3, -0.25) is 4.79 Å². The first-order valence-electron chi connectivity index (χ1n) is 6.71. The van der Waals surface area contributed by atoms with E-state index in [9.17, 15) is 4.79 Å². The van der Waals surface area contributed by atoms with Crippen LogP contribution < -0.4 is 10.2 Å². The Morgan fingerprint density at radius 3 is 2.76 bits per heavy atom. The number of anilines is 2. The molecule has 0 saturated carbocycles. The SMILES string of the molecule is O=C(Nc1ccccc1N1CCOCC1)c1csc(Br)c1. The van der Waals surface area contributed by atoms with Gasteiger partial charge in [0.1, 0.15) is 0 Å². The molecule has 3 rings (SSSR count). The number of amides is 1. The van der Waals surface area contributed by atoms with Gasteiger partial charge >= 0.3 is 0 Å². The van der Waals surface area contributed by atoms with Crippen molar-refractivity contribution < 1.29 is 9.53 Å². The molecule has 1 amide bonds. The Kier molecular flexibility index (Phi) is 4.57. The molecular weight excluding hydrogens is 352 g/mol. The highest BCUT2D eigenvalue weighted by molar-refractivity contribution is 9.11. The monoisotopic (exact) mass is 366 g/mol. The van der Waals surface area contributed by atoms with Crippen molar-refractivity contribution in [2.45, 2.75) is 0 Å². The number of thiophene rings is 1. The number of nitrogens with zero attached hydrogens (tertiary/aromatic N) is 1. The lowest BCUT2D eigenvalue weighted by Crippen LogP contribution is -2.36. The van der Waals surface area contributed by atoms with Crippen molar-refractivity contribution in [1.82, 2.24) is 0 Å². The lowest BCUT2D eigenvalue weighted by Gasteiger charge is -2.30. The third-order valence-electron chi connectivity index (χ3n) is 3.33. The zero-order chi connectivity index (χ0) is 14.7. The van der Waals surface area contributed by atoms with E-state index < -0.39 is 0 Å². The van der Waals surface area contributed by atoms with Crippen LogP contribution in [0.25, 0.3) is 0 Å². The fourth-order valence-electron chi connectivity index (χ4n) is 2.28. The molecule has 21 heavy (non-hydrogen) atoms. The minimum atomic E-state index is -0.0855. The molecule has 1 fully saturated rings. The minimum Gasteiger partial charge on any atom is -0.378 e. The molecule has 0 radical (unpaired) electrons. The van der Waals surface area contributed by atoms with Gasteiger partial charge in [-0.05, 0) is 34.1 Å². The average molecular weight is 367 g/mol. The molecule has 1 aromatic heterocycles. The fourth-order valence-corrected chi connectivity index (χ4v) is 3.42. The van der Waals surface area contributed by atoms with E-state index in [2.05, 4.69) is 26.1 Å². The minimum absolute atomic E-state index is 0.0855. The maximum Gasteiger partial charge on any atom is 0.256 e. The predicted molar refractivity (Wildman–Crippen MR) is 89.4 cm³/mol. The molecular formula is C15H15BrN2O2S. The zero-order valence-corrected chi connectivity index (χ0v) is 13.7.